The molecule has 0 aliphatic heterocycles. The number of esters is 1. The number of nitrogens with zero attached hydrogens (tertiary/aromatic N) is 1. The van der Waals surface area contributed by atoms with Crippen molar-refractivity contribution in [2.75, 3.05) is 6.61 Å². The Morgan fingerprint density at radius 3 is 2.27 bits per heavy atom. The molecule has 0 spiro atoms. The summed E-state index contributed by atoms with van der Waals surface area (Å²) in [7, 11) is 0. The molecule has 0 radical (unpaired) electrons. The molecule has 5 rings (SSSR count). The van der Waals surface area contributed by atoms with Crippen LogP contribution in [0, 0.1) is 6.92 Å². The zero-order valence-corrected chi connectivity index (χ0v) is 22.8. The van der Waals surface area contributed by atoms with Crippen LogP contribution in [0.2, 0.25) is 0 Å². The number of halogens is 3. The standard InChI is InChI=1S/C33H30F3NO4/c1-3-40-31(39)32(18-19-32)26-16-14-23(15-17-26)22-10-12-24(13-11-22)30-28(21(2)37-41-30)8-5-9-29(38)25-6-4-7-27(20-25)33(34,35)36/h4,6-7,9-17,20,38H,3,5,8,18-19H2,1-2H3/b29-9-. The summed E-state index contributed by atoms with van der Waals surface area (Å²) >= 11 is 0. The van der Waals surface area contributed by atoms with Crippen LogP contribution in [0.25, 0.3) is 28.2 Å². The maximum absolute atomic E-state index is 13.0. The first-order chi connectivity index (χ1) is 19.6. The van der Waals surface area contributed by atoms with E-state index in [1.54, 1.807) is 0 Å². The molecule has 0 atom stereocenters. The minimum atomic E-state index is -4.48. The molecule has 1 aromatic heterocycles. The highest BCUT2D eigenvalue weighted by molar-refractivity contribution is 5.87. The van der Waals surface area contributed by atoms with Crippen molar-refractivity contribution in [1.82, 2.24) is 5.16 Å². The van der Waals surface area contributed by atoms with Gasteiger partial charge in [-0.3, -0.25) is 4.79 Å². The lowest BCUT2D eigenvalue weighted by molar-refractivity contribution is -0.146. The van der Waals surface area contributed by atoms with Crippen LogP contribution in [0.4, 0.5) is 13.2 Å². The number of hydrogen-bond acceptors (Lipinski definition) is 5. The number of aromatic nitrogens is 1. The van der Waals surface area contributed by atoms with Crippen LogP contribution < -0.4 is 0 Å². The Morgan fingerprint density at radius 2 is 1.66 bits per heavy atom. The van der Waals surface area contributed by atoms with Crippen molar-refractivity contribution in [3.05, 3.63) is 107 Å². The Morgan fingerprint density at radius 1 is 1.02 bits per heavy atom. The number of rotatable bonds is 9. The van der Waals surface area contributed by atoms with E-state index in [0.717, 1.165) is 52.8 Å². The predicted molar refractivity (Wildman–Crippen MR) is 150 cm³/mol. The van der Waals surface area contributed by atoms with E-state index in [-0.39, 0.29) is 17.3 Å². The van der Waals surface area contributed by atoms with Crippen molar-refractivity contribution in [2.45, 2.75) is 51.1 Å². The fourth-order valence-electron chi connectivity index (χ4n) is 5.04. The van der Waals surface area contributed by atoms with Crippen LogP contribution in [0.1, 0.15) is 54.1 Å². The molecule has 1 aliphatic rings. The SMILES string of the molecule is CCOC(=O)C1(c2ccc(-c3ccc(-c4onc(C)c4CC/C=C(\O)c4cccc(C(F)(F)F)c4)cc3)cc2)CC1. The summed E-state index contributed by atoms with van der Waals surface area (Å²) in [4.78, 5) is 12.4. The molecule has 1 N–H and O–H groups in total. The molecule has 0 bridgehead atoms. The summed E-state index contributed by atoms with van der Waals surface area (Å²) in [5.74, 6) is 0.245. The highest BCUT2D eigenvalue weighted by Crippen LogP contribution is 2.49. The van der Waals surface area contributed by atoms with Gasteiger partial charge in [-0.05, 0) is 74.4 Å². The van der Waals surface area contributed by atoms with E-state index in [2.05, 4.69) is 5.16 Å². The van der Waals surface area contributed by atoms with Gasteiger partial charge in [0.1, 0.15) is 5.76 Å². The third-order valence-corrected chi connectivity index (χ3v) is 7.54. The van der Waals surface area contributed by atoms with Crippen LogP contribution in [0.3, 0.4) is 0 Å². The minimum Gasteiger partial charge on any atom is -0.508 e. The molecule has 8 heteroatoms. The van der Waals surface area contributed by atoms with E-state index < -0.39 is 17.2 Å². The van der Waals surface area contributed by atoms with Crippen molar-refractivity contribution in [3.63, 3.8) is 0 Å². The Balaban J connectivity index is 1.28. The van der Waals surface area contributed by atoms with E-state index in [0.29, 0.717) is 30.9 Å². The van der Waals surface area contributed by atoms with Crippen molar-refractivity contribution >= 4 is 11.7 Å². The average molecular weight is 562 g/mol. The quantitative estimate of drug-likeness (QED) is 0.164. The summed E-state index contributed by atoms with van der Waals surface area (Å²) in [5, 5.41) is 14.5. The topological polar surface area (TPSA) is 72.6 Å². The maximum atomic E-state index is 13.0. The number of aryl methyl sites for hydroxylation is 1. The van der Waals surface area contributed by atoms with Gasteiger partial charge in [0.15, 0.2) is 5.76 Å². The second-order valence-electron chi connectivity index (χ2n) is 10.2. The number of ether oxygens (including phenoxy) is 1. The first kappa shape index (κ1) is 28.2. The number of aliphatic hydroxyl groups is 1. The first-order valence-corrected chi connectivity index (χ1v) is 13.5. The van der Waals surface area contributed by atoms with Crippen molar-refractivity contribution in [2.24, 2.45) is 0 Å². The summed E-state index contributed by atoms with van der Waals surface area (Å²) in [6, 6.07) is 20.5. The lowest BCUT2D eigenvalue weighted by Gasteiger charge is -2.14. The molecule has 1 heterocycles. The van der Waals surface area contributed by atoms with Gasteiger partial charge in [0.2, 0.25) is 0 Å². The van der Waals surface area contributed by atoms with Gasteiger partial charge in [-0.15, -0.1) is 0 Å². The molecule has 1 aliphatic carbocycles. The average Bonchev–Trinajstić information content (AvgIpc) is 3.71. The number of hydrogen-bond donors (Lipinski definition) is 1. The van der Waals surface area contributed by atoms with Gasteiger partial charge >= 0.3 is 12.1 Å². The third-order valence-electron chi connectivity index (χ3n) is 7.54. The normalized spacial score (nSPS) is 14.6. The number of carbonyl (C=O) groups is 1. The van der Waals surface area contributed by atoms with Gasteiger partial charge in [-0.2, -0.15) is 13.2 Å². The number of allylic oxidation sites excluding steroid dienone is 1. The molecule has 0 amide bonds. The van der Waals surface area contributed by atoms with E-state index in [9.17, 15) is 23.1 Å². The van der Waals surface area contributed by atoms with Crippen LogP contribution in [0.15, 0.2) is 83.4 Å². The van der Waals surface area contributed by atoms with E-state index in [1.807, 2.05) is 62.4 Å². The molecular formula is C33H30F3NO4. The van der Waals surface area contributed by atoms with Crippen LogP contribution in [-0.4, -0.2) is 22.8 Å². The Kier molecular flexibility index (Phi) is 7.76. The van der Waals surface area contributed by atoms with Gasteiger partial charge in [0.25, 0.3) is 0 Å². The molecule has 4 aromatic rings. The van der Waals surface area contributed by atoms with Crippen molar-refractivity contribution in [1.29, 1.82) is 0 Å². The molecule has 5 nitrogen and oxygen atoms in total. The van der Waals surface area contributed by atoms with Gasteiger partial charge < -0.3 is 14.4 Å². The molecule has 41 heavy (non-hydrogen) atoms. The Bertz CT molecular complexity index is 1560. The number of aliphatic hydroxyl groups excluding tert-OH is 1. The van der Waals surface area contributed by atoms with Crippen LogP contribution in [0.5, 0.6) is 0 Å². The number of carbonyl (C=O) groups excluding carboxylic acids is 1. The van der Waals surface area contributed by atoms with E-state index in [4.69, 9.17) is 9.26 Å². The summed E-state index contributed by atoms with van der Waals surface area (Å²) < 4.78 is 49.9. The molecule has 1 fully saturated rings. The second kappa shape index (κ2) is 11.3. The van der Waals surface area contributed by atoms with Gasteiger partial charge in [-0.1, -0.05) is 65.8 Å². The minimum absolute atomic E-state index is 0.110. The van der Waals surface area contributed by atoms with Gasteiger partial charge in [0.05, 0.1) is 23.3 Å². The molecule has 3 aromatic carbocycles. The lowest BCUT2D eigenvalue weighted by Crippen LogP contribution is -2.23. The fourth-order valence-corrected chi connectivity index (χ4v) is 5.04. The second-order valence-corrected chi connectivity index (χ2v) is 10.2. The fraction of sp³-hybridized carbons (Fsp3) is 0.273. The largest absolute Gasteiger partial charge is 0.508 e. The Labute approximate surface area is 236 Å². The number of alkyl halides is 3. The van der Waals surface area contributed by atoms with E-state index in [1.165, 1.54) is 18.2 Å². The van der Waals surface area contributed by atoms with Gasteiger partial charge in [0, 0.05) is 16.7 Å². The highest BCUT2D eigenvalue weighted by Gasteiger charge is 2.52. The third kappa shape index (κ3) is 5.92. The summed E-state index contributed by atoms with van der Waals surface area (Å²) in [6.45, 7) is 4.02. The molecular weight excluding hydrogens is 531 g/mol. The Hall–Kier alpha value is -4.33. The lowest BCUT2D eigenvalue weighted by atomic mass is 9.93. The van der Waals surface area contributed by atoms with Crippen molar-refractivity contribution < 1.29 is 32.3 Å². The maximum Gasteiger partial charge on any atom is 0.416 e. The van der Waals surface area contributed by atoms with Crippen molar-refractivity contribution in [3.8, 4) is 22.5 Å². The first-order valence-electron chi connectivity index (χ1n) is 13.5. The zero-order chi connectivity index (χ0) is 29.2. The van der Waals surface area contributed by atoms with E-state index >= 15 is 0 Å². The molecule has 1 saturated carbocycles. The van der Waals surface area contributed by atoms with Gasteiger partial charge in [-0.25, -0.2) is 0 Å². The monoisotopic (exact) mass is 561 g/mol. The van der Waals surface area contributed by atoms with Crippen LogP contribution in [-0.2, 0) is 27.5 Å². The summed E-state index contributed by atoms with van der Waals surface area (Å²) in [6.07, 6.45) is -0.494. The smallest absolute Gasteiger partial charge is 0.416 e. The number of benzene rings is 3. The highest BCUT2D eigenvalue weighted by atomic mass is 19.4. The zero-order valence-electron chi connectivity index (χ0n) is 22.8. The summed E-state index contributed by atoms with van der Waals surface area (Å²) in [5.41, 5.74) is 4.22. The molecule has 0 saturated heterocycles. The predicted octanol–water partition coefficient (Wildman–Crippen LogP) is 8.46. The molecule has 0 unspecified atom stereocenters. The molecule has 212 valence electrons. The van der Waals surface area contributed by atoms with Crippen LogP contribution >= 0.6 is 0 Å².